The Morgan fingerprint density at radius 2 is 2.00 bits per heavy atom. The highest BCUT2D eigenvalue weighted by molar-refractivity contribution is 5.92. The Hall–Kier alpha value is -2.87. The van der Waals surface area contributed by atoms with Crippen molar-refractivity contribution in [3.8, 4) is 5.69 Å². The van der Waals surface area contributed by atoms with Crippen LogP contribution in [0.4, 0.5) is 0 Å². The molecule has 0 spiro atoms. The molecule has 0 aliphatic carbocycles. The van der Waals surface area contributed by atoms with Crippen molar-refractivity contribution in [1.82, 2.24) is 14.7 Å². The number of aromatic amines is 1. The molecule has 2 heterocycles. The second-order valence-corrected chi connectivity index (χ2v) is 6.91. The molecule has 2 aromatic rings. The lowest BCUT2D eigenvalue weighted by molar-refractivity contribution is -0.162. The molecule has 27 heavy (non-hydrogen) atoms. The lowest BCUT2D eigenvalue weighted by atomic mass is 9.73. The lowest BCUT2D eigenvalue weighted by Crippen LogP contribution is -2.56. The lowest BCUT2D eigenvalue weighted by Gasteiger charge is -2.42. The van der Waals surface area contributed by atoms with Crippen molar-refractivity contribution in [3.05, 3.63) is 52.4 Å². The zero-order chi connectivity index (χ0) is 19.6. The molecule has 0 unspecified atom stereocenters. The van der Waals surface area contributed by atoms with Gasteiger partial charge in [-0.05, 0) is 25.0 Å². The van der Waals surface area contributed by atoms with Gasteiger partial charge in [0.2, 0.25) is 0 Å². The van der Waals surface area contributed by atoms with E-state index in [-0.39, 0.29) is 30.8 Å². The summed E-state index contributed by atoms with van der Waals surface area (Å²) in [5.41, 5.74) is -0.884. The number of nitrogens with one attached hydrogen (secondary N) is 1. The average Bonchev–Trinajstić information content (AvgIpc) is 3.05. The smallest absolute Gasteiger partial charge is 0.312 e. The zero-order valence-corrected chi connectivity index (χ0v) is 15.1. The van der Waals surface area contributed by atoms with Gasteiger partial charge in [-0.25, -0.2) is 4.68 Å². The van der Waals surface area contributed by atoms with Crippen molar-refractivity contribution >= 4 is 11.9 Å². The van der Waals surface area contributed by atoms with Crippen LogP contribution in [-0.2, 0) is 4.79 Å². The van der Waals surface area contributed by atoms with E-state index in [9.17, 15) is 24.6 Å². The Balaban J connectivity index is 1.80. The standard InChI is InChI=1S/C19H23N3O5/c1-2-8-19(18(26)27)9-10-21(12-15(19)23)17(25)14-11-16(24)22(20-14)13-6-4-3-5-7-13/h3-7,11,15,20,23H,2,8-10,12H2,1H3,(H,26,27)/t15-,19-/m0/s1. The summed E-state index contributed by atoms with van der Waals surface area (Å²) in [6.45, 7) is 2.00. The molecule has 8 nitrogen and oxygen atoms in total. The summed E-state index contributed by atoms with van der Waals surface area (Å²) in [6, 6.07) is 10.1. The maximum absolute atomic E-state index is 12.8. The summed E-state index contributed by atoms with van der Waals surface area (Å²) in [5, 5.41) is 22.9. The van der Waals surface area contributed by atoms with Crippen molar-refractivity contribution in [2.24, 2.45) is 5.41 Å². The van der Waals surface area contributed by atoms with Crippen molar-refractivity contribution in [2.45, 2.75) is 32.3 Å². The van der Waals surface area contributed by atoms with Crippen LogP contribution in [0.2, 0.25) is 0 Å². The third-order valence-electron chi connectivity index (χ3n) is 5.23. The maximum atomic E-state index is 12.8. The average molecular weight is 373 g/mol. The number of rotatable bonds is 5. The number of hydrogen-bond donors (Lipinski definition) is 3. The first-order valence-corrected chi connectivity index (χ1v) is 8.97. The molecular weight excluding hydrogens is 350 g/mol. The Morgan fingerprint density at radius 3 is 2.59 bits per heavy atom. The molecule has 8 heteroatoms. The zero-order valence-electron chi connectivity index (χ0n) is 15.1. The fourth-order valence-corrected chi connectivity index (χ4v) is 3.70. The molecule has 1 aromatic heterocycles. The number of hydrogen-bond acceptors (Lipinski definition) is 4. The number of aliphatic hydroxyl groups excluding tert-OH is 1. The number of piperidine rings is 1. The topological polar surface area (TPSA) is 116 Å². The second-order valence-electron chi connectivity index (χ2n) is 6.91. The van der Waals surface area contributed by atoms with Gasteiger partial charge in [0, 0.05) is 19.2 Å². The van der Waals surface area contributed by atoms with Crippen LogP contribution in [0.25, 0.3) is 5.69 Å². The van der Waals surface area contributed by atoms with Gasteiger partial charge >= 0.3 is 5.97 Å². The number of carboxylic acids is 1. The number of carboxylic acid groups (broad SMARTS) is 1. The molecule has 1 amide bonds. The third kappa shape index (κ3) is 3.40. The highest BCUT2D eigenvalue weighted by Gasteiger charge is 2.48. The van der Waals surface area contributed by atoms with Crippen LogP contribution in [0.15, 0.2) is 41.2 Å². The van der Waals surface area contributed by atoms with Crippen LogP contribution in [-0.4, -0.2) is 56.0 Å². The van der Waals surface area contributed by atoms with Crippen LogP contribution in [0.3, 0.4) is 0 Å². The minimum Gasteiger partial charge on any atom is -0.481 e. The highest BCUT2D eigenvalue weighted by Crippen LogP contribution is 2.37. The summed E-state index contributed by atoms with van der Waals surface area (Å²) in [7, 11) is 0. The Bertz CT molecular complexity index is 888. The van der Waals surface area contributed by atoms with Gasteiger partial charge in [0.1, 0.15) is 5.69 Å². The molecule has 1 fully saturated rings. The van der Waals surface area contributed by atoms with Gasteiger partial charge in [0.25, 0.3) is 11.5 Å². The molecule has 144 valence electrons. The van der Waals surface area contributed by atoms with Gasteiger partial charge in [-0.15, -0.1) is 0 Å². The van der Waals surface area contributed by atoms with Gasteiger partial charge < -0.3 is 15.1 Å². The first-order valence-electron chi connectivity index (χ1n) is 8.97. The van der Waals surface area contributed by atoms with Crippen molar-refractivity contribution in [3.63, 3.8) is 0 Å². The van der Waals surface area contributed by atoms with E-state index < -0.39 is 23.4 Å². The first kappa shape index (κ1) is 18.9. The molecule has 0 radical (unpaired) electrons. The fraction of sp³-hybridized carbons (Fsp3) is 0.421. The van der Waals surface area contributed by atoms with Gasteiger partial charge in [-0.3, -0.25) is 19.5 Å². The Morgan fingerprint density at radius 1 is 1.30 bits per heavy atom. The molecule has 0 saturated carbocycles. The number of carbonyl (C=O) groups is 2. The molecular formula is C19H23N3O5. The van der Waals surface area contributed by atoms with Crippen LogP contribution < -0.4 is 5.56 Å². The monoisotopic (exact) mass is 373 g/mol. The van der Waals surface area contributed by atoms with E-state index in [4.69, 9.17) is 0 Å². The summed E-state index contributed by atoms with van der Waals surface area (Å²) < 4.78 is 1.27. The summed E-state index contributed by atoms with van der Waals surface area (Å²) in [5.74, 6) is -1.47. The number of aliphatic hydroxyl groups is 1. The molecule has 3 rings (SSSR count). The predicted molar refractivity (Wildman–Crippen MR) is 97.9 cm³/mol. The van der Waals surface area contributed by atoms with Gasteiger partial charge in [-0.2, -0.15) is 0 Å². The van der Waals surface area contributed by atoms with Gasteiger partial charge in [0.15, 0.2) is 0 Å². The van der Waals surface area contributed by atoms with E-state index in [0.29, 0.717) is 18.5 Å². The van der Waals surface area contributed by atoms with Crippen molar-refractivity contribution in [1.29, 1.82) is 0 Å². The molecule has 1 aliphatic heterocycles. The Labute approximate surface area is 156 Å². The van der Waals surface area contributed by atoms with E-state index in [2.05, 4.69) is 5.10 Å². The van der Waals surface area contributed by atoms with Crippen LogP contribution >= 0.6 is 0 Å². The van der Waals surface area contributed by atoms with E-state index in [1.807, 2.05) is 13.0 Å². The second kappa shape index (κ2) is 7.40. The SMILES string of the molecule is CCC[C@]1(C(=O)O)CCN(C(=O)c2cc(=O)n(-c3ccccc3)[nH]2)C[C@@H]1O. The first-order chi connectivity index (χ1) is 12.9. The van der Waals surface area contributed by atoms with Crippen LogP contribution in [0.5, 0.6) is 0 Å². The summed E-state index contributed by atoms with van der Waals surface area (Å²) in [6.07, 6.45) is -0.000117. The molecule has 1 aromatic carbocycles. The Kier molecular flexibility index (Phi) is 5.18. The number of carbonyl (C=O) groups excluding carboxylic acids is 1. The van der Waals surface area contributed by atoms with Gasteiger partial charge in [-0.1, -0.05) is 31.5 Å². The van der Waals surface area contributed by atoms with Gasteiger partial charge in [0.05, 0.1) is 17.2 Å². The number of amides is 1. The van der Waals surface area contributed by atoms with Crippen LogP contribution in [0.1, 0.15) is 36.7 Å². The van der Waals surface area contributed by atoms with E-state index in [1.54, 1.807) is 24.3 Å². The number of H-pyrrole nitrogens is 1. The minimum absolute atomic E-state index is 0.0797. The molecule has 0 bridgehead atoms. The van der Waals surface area contributed by atoms with Crippen molar-refractivity contribution in [2.75, 3.05) is 13.1 Å². The number of nitrogens with zero attached hydrogens (tertiary/aromatic N) is 2. The van der Waals surface area contributed by atoms with Crippen LogP contribution in [0, 0.1) is 5.41 Å². The largest absolute Gasteiger partial charge is 0.481 e. The quantitative estimate of drug-likeness (QED) is 0.729. The minimum atomic E-state index is -1.23. The summed E-state index contributed by atoms with van der Waals surface area (Å²) >= 11 is 0. The number of aromatic nitrogens is 2. The number of aliphatic carboxylic acids is 1. The third-order valence-corrected chi connectivity index (χ3v) is 5.23. The highest BCUT2D eigenvalue weighted by atomic mass is 16.4. The number of likely N-dealkylation sites (tertiary alicyclic amines) is 1. The molecule has 3 N–H and O–H groups in total. The number of benzene rings is 1. The normalized spacial score (nSPS) is 22.6. The number of β-amino-alcohol motifs (C(OH)–C–C–N with tert-alkyl or cyclic N) is 1. The summed E-state index contributed by atoms with van der Waals surface area (Å²) in [4.78, 5) is 38.1. The number of para-hydroxylation sites is 1. The van der Waals surface area contributed by atoms with E-state index in [0.717, 1.165) is 0 Å². The molecule has 1 aliphatic rings. The predicted octanol–water partition coefficient (Wildman–Crippen LogP) is 1.24. The van der Waals surface area contributed by atoms with E-state index >= 15 is 0 Å². The molecule has 2 atom stereocenters. The fourth-order valence-electron chi connectivity index (χ4n) is 3.70. The van der Waals surface area contributed by atoms with E-state index in [1.165, 1.54) is 15.6 Å². The van der Waals surface area contributed by atoms with Crippen molar-refractivity contribution < 1.29 is 19.8 Å². The molecule has 1 saturated heterocycles. The maximum Gasteiger partial charge on any atom is 0.312 e.